The average Bonchev–Trinajstić information content (AvgIpc) is 3.44. The van der Waals surface area contributed by atoms with Gasteiger partial charge in [0.15, 0.2) is 0 Å². The maximum Gasteiger partial charge on any atom is 0.123 e. The Morgan fingerprint density at radius 1 is 1.08 bits per heavy atom. The number of nitrogens with zero attached hydrogens (tertiary/aromatic N) is 1. The van der Waals surface area contributed by atoms with E-state index >= 15 is 0 Å². The van der Waals surface area contributed by atoms with Gasteiger partial charge in [-0.2, -0.15) is 0 Å². The number of fused-ring (bicyclic) bond motifs is 1. The minimum atomic E-state index is -0.208. The molecule has 1 aliphatic rings. The summed E-state index contributed by atoms with van der Waals surface area (Å²) < 4.78 is 13.4. The Labute approximate surface area is 145 Å². The molecule has 2 aromatic carbocycles. The molecule has 0 spiro atoms. The Bertz CT molecular complexity index is 911. The van der Waals surface area contributed by atoms with Crippen LogP contribution in [-0.2, 0) is 0 Å². The summed E-state index contributed by atoms with van der Waals surface area (Å²) in [4.78, 5) is 4.96. The first-order valence-corrected chi connectivity index (χ1v) is 9.44. The van der Waals surface area contributed by atoms with Crippen molar-refractivity contribution in [3.63, 3.8) is 0 Å². The lowest BCUT2D eigenvalue weighted by atomic mass is 9.93. The number of benzene rings is 2. The zero-order valence-corrected chi connectivity index (χ0v) is 14.3. The van der Waals surface area contributed by atoms with Crippen molar-refractivity contribution in [3.8, 4) is 11.1 Å². The molecule has 0 radical (unpaired) electrons. The first-order valence-electron chi connectivity index (χ1n) is 8.16. The number of rotatable bonds is 4. The number of thioether (sulfide) groups is 1. The molecule has 0 N–H and O–H groups in total. The first kappa shape index (κ1) is 15.4. The molecule has 1 nitrogen and oxygen atoms in total. The van der Waals surface area contributed by atoms with Crippen LogP contribution in [0.3, 0.4) is 0 Å². The summed E-state index contributed by atoms with van der Waals surface area (Å²) >= 11 is 1.68. The predicted octanol–water partition coefficient (Wildman–Crippen LogP) is 6.25. The predicted molar refractivity (Wildman–Crippen MR) is 102 cm³/mol. The Hall–Kier alpha value is -2.13. The normalized spacial score (nSPS) is 14.6. The van der Waals surface area contributed by atoms with Crippen LogP contribution in [0.4, 0.5) is 4.39 Å². The van der Waals surface area contributed by atoms with Crippen molar-refractivity contribution < 1.29 is 4.39 Å². The first-order chi connectivity index (χ1) is 11.8. The summed E-state index contributed by atoms with van der Waals surface area (Å²) in [6.07, 6.45) is 6.62. The molecule has 0 aliphatic heterocycles. The maximum absolute atomic E-state index is 13.4. The Balaban J connectivity index is 2.06. The molecule has 120 valence electrons. The van der Waals surface area contributed by atoms with Crippen LogP contribution in [0.2, 0.25) is 0 Å². The molecule has 0 amide bonds. The number of para-hydroxylation sites is 1. The molecule has 1 aliphatic carbocycles. The van der Waals surface area contributed by atoms with Crippen molar-refractivity contribution >= 4 is 28.7 Å². The standard InChI is InChI=1S/C21H18FNS/c1-24-13-12-18-20(14-8-10-16(22)11-9-14)17-4-2-3-5-19(17)23-21(18)15-6-7-15/h2-5,8-13,15H,6-7H2,1H3. The van der Waals surface area contributed by atoms with E-state index in [1.807, 2.05) is 24.3 Å². The van der Waals surface area contributed by atoms with E-state index in [9.17, 15) is 4.39 Å². The van der Waals surface area contributed by atoms with E-state index in [1.54, 1.807) is 11.8 Å². The van der Waals surface area contributed by atoms with E-state index in [2.05, 4.69) is 29.9 Å². The molecule has 0 saturated heterocycles. The van der Waals surface area contributed by atoms with Gasteiger partial charge in [-0.3, -0.25) is 4.98 Å². The number of aromatic nitrogens is 1. The molecule has 24 heavy (non-hydrogen) atoms. The third kappa shape index (κ3) is 2.84. The van der Waals surface area contributed by atoms with Crippen molar-refractivity contribution in [2.75, 3.05) is 6.26 Å². The largest absolute Gasteiger partial charge is 0.252 e. The van der Waals surface area contributed by atoms with E-state index < -0.39 is 0 Å². The summed E-state index contributed by atoms with van der Waals surface area (Å²) in [5.74, 6) is 0.344. The van der Waals surface area contributed by atoms with E-state index in [-0.39, 0.29) is 5.82 Å². The molecule has 3 heteroatoms. The van der Waals surface area contributed by atoms with Gasteiger partial charge in [-0.1, -0.05) is 30.3 Å². The van der Waals surface area contributed by atoms with E-state index in [0.29, 0.717) is 5.92 Å². The SMILES string of the molecule is CSC=Cc1c(C2CC2)nc2ccccc2c1-c1ccc(F)cc1. The molecule has 0 unspecified atom stereocenters. The van der Waals surface area contributed by atoms with E-state index in [1.165, 1.54) is 36.2 Å². The van der Waals surface area contributed by atoms with Crippen LogP contribution in [0.5, 0.6) is 0 Å². The van der Waals surface area contributed by atoms with Crippen LogP contribution in [0.1, 0.15) is 30.0 Å². The monoisotopic (exact) mass is 335 g/mol. The molecule has 4 rings (SSSR count). The highest BCUT2D eigenvalue weighted by molar-refractivity contribution is 8.01. The Morgan fingerprint density at radius 2 is 1.83 bits per heavy atom. The quantitative estimate of drug-likeness (QED) is 0.559. The van der Waals surface area contributed by atoms with Crippen LogP contribution in [0.15, 0.2) is 53.9 Å². The minimum absolute atomic E-state index is 0.208. The number of pyridine rings is 1. The molecule has 0 bridgehead atoms. The maximum atomic E-state index is 13.4. The zero-order valence-electron chi connectivity index (χ0n) is 13.5. The van der Waals surface area contributed by atoms with Gasteiger partial charge in [-0.15, -0.1) is 11.8 Å². The molecule has 1 saturated carbocycles. The Morgan fingerprint density at radius 3 is 2.54 bits per heavy atom. The second-order valence-electron chi connectivity index (χ2n) is 6.12. The fraction of sp³-hybridized carbons (Fsp3) is 0.190. The van der Waals surface area contributed by atoms with Gasteiger partial charge in [-0.05, 0) is 54.3 Å². The third-order valence-corrected chi connectivity index (χ3v) is 4.84. The number of halogens is 1. The van der Waals surface area contributed by atoms with Gasteiger partial charge in [0.25, 0.3) is 0 Å². The van der Waals surface area contributed by atoms with Gasteiger partial charge in [0.2, 0.25) is 0 Å². The topological polar surface area (TPSA) is 12.9 Å². The highest BCUT2D eigenvalue weighted by Crippen LogP contribution is 2.45. The molecule has 1 fully saturated rings. The van der Waals surface area contributed by atoms with Gasteiger partial charge in [0.1, 0.15) is 5.82 Å². The van der Waals surface area contributed by atoms with Crippen LogP contribution < -0.4 is 0 Å². The summed E-state index contributed by atoms with van der Waals surface area (Å²) in [6, 6.07) is 15.0. The molecule has 1 heterocycles. The summed E-state index contributed by atoms with van der Waals surface area (Å²) in [7, 11) is 0. The lowest BCUT2D eigenvalue weighted by molar-refractivity contribution is 0.628. The fourth-order valence-corrected chi connectivity index (χ4v) is 3.42. The highest BCUT2D eigenvalue weighted by Gasteiger charge is 2.29. The molecular formula is C21H18FNS. The summed E-state index contributed by atoms with van der Waals surface area (Å²) in [6.45, 7) is 0. The van der Waals surface area contributed by atoms with Gasteiger partial charge in [0, 0.05) is 22.4 Å². The average molecular weight is 335 g/mol. The number of hydrogen-bond donors (Lipinski definition) is 0. The lowest BCUT2D eigenvalue weighted by Gasteiger charge is -2.15. The highest BCUT2D eigenvalue weighted by atomic mass is 32.2. The minimum Gasteiger partial charge on any atom is -0.252 e. The molecule has 0 atom stereocenters. The van der Waals surface area contributed by atoms with Crippen LogP contribution in [0, 0.1) is 5.82 Å². The van der Waals surface area contributed by atoms with Gasteiger partial charge >= 0.3 is 0 Å². The zero-order chi connectivity index (χ0) is 16.5. The second-order valence-corrected chi connectivity index (χ2v) is 6.87. The van der Waals surface area contributed by atoms with Gasteiger partial charge in [0.05, 0.1) is 11.2 Å². The fourth-order valence-electron chi connectivity index (χ4n) is 3.15. The van der Waals surface area contributed by atoms with Crippen LogP contribution in [0.25, 0.3) is 28.1 Å². The van der Waals surface area contributed by atoms with Crippen molar-refractivity contribution in [3.05, 3.63) is 71.0 Å². The second kappa shape index (κ2) is 6.40. The molecule has 1 aromatic heterocycles. The van der Waals surface area contributed by atoms with E-state index in [4.69, 9.17) is 4.98 Å². The molecular weight excluding hydrogens is 317 g/mol. The van der Waals surface area contributed by atoms with Crippen molar-refractivity contribution in [2.45, 2.75) is 18.8 Å². The third-order valence-electron chi connectivity index (χ3n) is 4.43. The van der Waals surface area contributed by atoms with Gasteiger partial charge in [-0.25, -0.2) is 4.39 Å². The summed E-state index contributed by atoms with van der Waals surface area (Å²) in [5.41, 5.74) is 5.57. The number of hydrogen-bond acceptors (Lipinski definition) is 2. The molecule has 3 aromatic rings. The van der Waals surface area contributed by atoms with Crippen molar-refractivity contribution in [1.29, 1.82) is 0 Å². The van der Waals surface area contributed by atoms with Crippen molar-refractivity contribution in [1.82, 2.24) is 4.98 Å². The summed E-state index contributed by atoms with van der Waals surface area (Å²) in [5, 5.41) is 3.22. The van der Waals surface area contributed by atoms with Crippen LogP contribution in [-0.4, -0.2) is 11.2 Å². The Kier molecular flexibility index (Phi) is 4.11. The lowest BCUT2D eigenvalue weighted by Crippen LogP contribution is -1.98. The smallest absolute Gasteiger partial charge is 0.123 e. The van der Waals surface area contributed by atoms with Crippen molar-refractivity contribution in [2.24, 2.45) is 0 Å². The van der Waals surface area contributed by atoms with E-state index in [0.717, 1.165) is 22.0 Å². The van der Waals surface area contributed by atoms with Crippen LogP contribution >= 0.6 is 11.8 Å². The van der Waals surface area contributed by atoms with Gasteiger partial charge < -0.3 is 0 Å².